The summed E-state index contributed by atoms with van der Waals surface area (Å²) in [5.41, 5.74) is 6.31. The highest BCUT2D eigenvalue weighted by atomic mass is 16.5. The van der Waals surface area contributed by atoms with Crippen LogP contribution in [0.15, 0.2) is 0 Å². The van der Waals surface area contributed by atoms with Crippen LogP contribution >= 0.6 is 0 Å². The summed E-state index contributed by atoms with van der Waals surface area (Å²) < 4.78 is 5.53. The van der Waals surface area contributed by atoms with Crippen molar-refractivity contribution < 1.29 is 4.74 Å². The highest BCUT2D eigenvalue weighted by Crippen LogP contribution is 2.28. The van der Waals surface area contributed by atoms with Crippen molar-refractivity contribution in [2.75, 3.05) is 52.5 Å². The zero-order valence-electron chi connectivity index (χ0n) is 12.2. The van der Waals surface area contributed by atoms with E-state index in [1.165, 1.54) is 32.7 Å². The first-order valence-corrected chi connectivity index (χ1v) is 7.28. The molecule has 106 valence electrons. The van der Waals surface area contributed by atoms with Crippen molar-refractivity contribution >= 4 is 0 Å². The van der Waals surface area contributed by atoms with E-state index in [1.807, 2.05) is 0 Å². The van der Waals surface area contributed by atoms with Gasteiger partial charge in [-0.25, -0.2) is 0 Å². The number of hydrogen-bond donors (Lipinski definition) is 1. The monoisotopic (exact) mass is 255 g/mol. The molecule has 0 aliphatic carbocycles. The van der Waals surface area contributed by atoms with Crippen molar-refractivity contribution in [1.82, 2.24) is 9.80 Å². The average molecular weight is 255 g/mol. The van der Waals surface area contributed by atoms with E-state index >= 15 is 0 Å². The number of rotatable bonds is 4. The van der Waals surface area contributed by atoms with Crippen LogP contribution in [0.2, 0.25) is 0 Å². The number of nitrogens with zero attached hydrogens (tertiary/aromatic N) is 2. The molecule has 0 bridgehead atoms. The average Bonchev–Trinajstić information content (AvgIpc) is 2.61. The molecule has 2 aliphatic heterocycles. The van der Waals surface area contributed by atoms with Crippen molar-refractivity contribution in [3.8, 4) is 0 Å². The van der Waals surface area contributed by atoms with Crippen LogP contribution in [0.1, 0.15) is 20.8 Å². The normalized spacial score (nSPS) is 35.5. The minimum Gasteiger partial charge on any atom is -0.379 e. The summed E-state index contributed by atoms with van der Waals surface area (Å²) in [6.45, 7) is 15.5. The van der Waals surface area contributed by atoms with Crippen molar-refractivity contribution in [2.45, 2.75) is 26.8 Å². The smallest absolute Gasteiger partial charge is 0.0624 e. The zero-order valence-corrected chi connectivity index (χ0v) is 12.2. The van der Waals surface area contributed by atoms with Crippen LogP contribution in [-0.4, -0.2) is 68.3 Å². The van der Waals surface area contributed by atoms with E-state index in [0.29, 0.717) is 0 Å². The second kappa shape index (κ2) is 5.87. The van der Waals surface area contributed by atoms with Gasteiger partial charge in [0.15, 0.2) is 0 Å². The molecule has 2 unspecified atom stereocenters. The molecule has 2 atom stereocenters. The molecular weight excluding hydrogens is 226 g/mol. The third kappa shape index (κ3) is 3.44. The Morgan fingerprint density at radius 1 is 1.22 bits per heavy atom. The lowest BCUT2D eigenvalue weighted by Crippen LogP contribution is -2.53. The predicted molar refractivity (Wildman–Crippen MR) is 74.6 cm³/mol. The summed E-state index contributed by atoms with van der Waals surface area (Å²) in [7, 11) is 0. The van der Waals surface area contributed by atoms with E-state index in [9.17, 15) is 0 Å². The Morgan fingerprint density at radius 3 is 2.33 bits per heavy atom. The fourth-order valence-corrected chi connectivity index (χ4v) is 3.05. The summed E-state index contributed by atoms with van der Waals surface area (Å²) in [4.78, 5) is 5.14. The van der Waals surface area contributed by atoms with Gasteiger partial charge in [-0.05, 0) is 5.92 Å². The number of nitrogens with two attached hydrogens (primary N) is 1. The van der Waals surface area contributed by atoms with E-state index < -0.39 is 0 Å². The van der Waals surface area contributed by atoms with Crippen LogP contribution in [0.3, 0.4) is 0 Å². The standard InChI is InChI=1S/C14H29N3O/c1-12(2)8-16-4-6-17(7-5-16)10-14(3)11-18-9-13(14)15/h12-13H,4-11,15H2,1-3H3. The largest absolute Gasteiger partial charge is 0.379 e. The minimum absolute atomic E-state index is 0.153. The summed E-state index contributed by atoms with van der Waals surface area (Å²) in [5, 5.41) is 0. The Kier molecular flexibility index (Phi) is 4.64. The van der Waals surface area contributed by atoms with Gasteiger partial charge in [-0.1, -0.05) is 20.8 Å². The van der Waals surface area contributed by atoms with Crippen molar-refractivity contribution in [1.29, 1.82) is 0 Å². The Labute approximate surface area is 111 Å². The van der Waals surface area contributed by atoms with Crippen LogP contribution in [0, 0.1) is 11.3 Å². The van der Waals surface area contributed by atoms with E-state index in [4.69, 9.17) is 10.5 Å². The molecule has 0 aromatic heterocycles. The molecule has 2 aliphatic rings. The summed E-state index contributed by atoms with van der Waals surface area (Å²) in [5.74, 6) is 0.769. The van der Waals surface area contributed by atoms with Crippen molar-refractivity contribution in [3.63, 3.8) is 0 Å². The maximum absolute atomic E-state index is 6.16. The lowest BCUT2D eigenvalue weighted by atomic mass is 9.85. The summed E-state index contributed by atoms with van der Waals surface area (Å²) >= 11 is 0. The third-order valence-electron chi connectivity index (χ3n) is 4.30. The van der Waals surface area contributed by atoms with Crippen molar-refractivity contribution in [3.05, 3.63) is 0 Å². The zero-order chi connectivity index (χ0) is 13.2. The lowest BCUT2D eigenvalue weighted by Gasteiger charge is -2.40. The molecule has 0 saturated carbocycles. The molecule has 0 spiro atoms. The molecule has 2 N–H and O–H groups in total. The molecule has 2 heterocycles. The van der Waals surface area contributed by atoms with Gasteiger partial charge in [-0.3, -0.25) is 0 Å². The van der Waals surface area contributed by atoms with Gasteiger partial charge < -0.3 is 20.3 Å². The molecule has 4 nitrogen and oxygen atoms in total. The van der Waals surface area contributed by atoms with E-state index in [-0.39, 0.29) is 11.5 Å². The fraction of sp³-hybridized carbons (Fsp3) is 1.00. The summed E-state index contributed by atoms with van der Waals surface area (Å²) in [6, 6.07) is 0.200. The lowest BCUT2D eigenvalue weighted by molar-refractivity contribution is 0.0726. The molecule has 0 aromatic carbocycles. The molecule has 0 radical (unpaired) electrons. The maximum Gasteiger partial charge on any atom is 0.0624 e. The Balaban J connectivity index is 1.76. The second-order valence-corrected chi connectivity index (χ2v) is 6.75. The topological polar surface area (TPSA) is 41.7 Å². The van der Waals surface area contributed by atoms with Gasteiger partial charge in [-0.15, -0.1) is 0 Å². The van der Waals surface area contributed by atoms with Gasteiger partial charge in [0.2, 0.25) is 0 Å². The van der Waals surface area contributed by atoms with Gasteiger partial charge in [0.25, 0.3) is 0 Å². The molecule has 2 rings (SSSR count). The highest BCUT2D eigenvalue weighted by molar-refractivity contribution is 4.93. The molecule has 18 heavy (non-hydrogen) atoms. The van der Waals surface area contributed by atoms with Crippen LogP contribution in [-0.2, 0) is 4.74 Å². The minimum atomic E-state index is 0.153. The Hall–Kier alpha value is -0.160. The predicted octanol–water partition coefficient (Wildman–Crippen LogP) is 0.624. The van der Waals surface area contributed by atoms with Crippen LogP contribution in [0.5, 0.6) is 0 Å². The Bertz CT molecular complexity index is 264. The molecule has 2 saturated heterocycles. The molecule has 0 amide bonds. The summed E-state index contributed by atoms with van der Waals surface area (Å²) in [6.07, 6.45) is 0. The second-order valence-electron chi connectivity index (χ2n) is 6.75. The highest BCUT2D eigenvalue weighted by Gasteiger charge is 2.39. The van der Waals surface area contributed by atoms with Gasteiger partial charge in [0.1, 0.15) is 0 Å². The maximum atomic E-state index is 6.16. The first-order valence-electron chi connectivity index (χ1n) is 7.28. The van der Waals surface area contributed by atoms with Gasteiger partial charge in [0, 0.05) is 50.7 Å². The quantitative estimate of drug-likeness (QED) is 0.800. The SMILES string of the molecule is CC(C)CN1CCN(CC2(C)COCC2N)CC1. The number of hydrogen-bond acceptors (Lipinski definition) is 4. The first-order chi connectivity index (χ1) is 8.49. The fourth-order valence-electron chi connectivity index (χ4n) is 3.05. The first kappa shape index (κ1) is 14.3. The molecular formula is C14H29N3O. The van der Waals surface area contributed by atoms with E-state index in [2.05, 4.69) is 30.6 Å². The van der Waals surface area contributed by atoms with Gasteiger partial charge in [0.05, 0.1) is 13.2 Å². The molecule has 0 aromatic rings. The van der Waals surface area contributed by atoms with Crippen molar-refractivity contribution in [2.24, 2.45) is 17.1 Å². The van der Waals surface area contributed by atoms with Crippen LogP contribution in [0.4, 0.5) is 0 Å². The third-order valence-corrected chi connectivity index (χ3v) is 4.30. The van der Waals surface area contributed by atoms with Gasteiger partial charge >= 0.3 is 0 Å². The number of ether oxygens (including phenoxy) is 1. The molecule has 2 fully saturated rings. The number of piperazine rings is 1. The molecule has 4 heteroatoms. The van der Waals surface area contributed by atoms with Gasteiger partial charge in [-0.2, -0.15) is 0 Å². The van der Waals surface area contributed by atoms with E-state index in [0.717, 1.165) is 25.7 Å². The van der Waals surface area contributed by atoms with E-state index in [1.54, 1.807) is 0 Å². The van der Waals surface area contributed by atoms with Crippen LogP contribution < -0.4 is 5.73 Å². The Morgan fingerprint density at radius 2 is 1.83 bits per heavy atom. The van der Waals surface area contributed by atoms with Crippen LogP contribution in [0.25, 0.3) is 0 Å².